The third-order valence-corrected chi connectivity index (χ3v) is 4.76. The predicted molar refractivity (Wildman–Crippen MR) is 97.2 cm³/mol. The Kier molecular flexibility index (Phi) is 4.44. The maximum atomic E-state index is 12.1. The van der Waals surface area contributed by atoms with E-state index in [4.69, 9.17) is 0 Å². The summed E-state index contributed by atoms with van der Waals surface area (Å²) in [5.74, 6) is 0.0130. The number of carbonyl (C=O) groups excluding carboxylic acids is 1. The van der Waals surface area contributed by atoms with Crippen LogP contribution in [0.5, 0.6) is 0 Å². The van der Waals surface area contributed by atoms with E-state index in [1.807, 2.05) is 0 Å². The predicted octanol–water partition coefficient (Wildman–Crippen LogP) is 4.79. The van der Waals surface area contributed by atoms with Crippen LogP contribution >= 0.6 is 11.3 Å². The monoisotopic (exact) mass is 324 g/mol. The standard InChI is InChI=1S/C19H20N2OS/c1-12-4-6-15(7-5-12)8-9-17(22)20-19-21-18-14(3)10-13(2)11-16(18)23-19/h4-7,10-11H,8-9H2,1-3H3,(H,20,21,22). The van der Waals surface area contributed by atoms with Crippen molar-refractivity contribution in [2.45, 2.75) is 33.6 Å². The van der Waals surface area contributed by atoms with Crippen LogP contribution in [0.2, 0.25) is 0 Å². The first-order valence-corrected chi connectivity index (χ1v) is 8.56. The number of carbonyl (C=O) groups is 1. The fraction of sp³-hybridized carbons (Fsp3) is 0.263. The van der Waals surface area contributed by atoms with Gasteiger partial charge in [-0.1, -0.05) is 47.2 Å². The maximum absolute atomic E-state index is 12.1. The summed E-state index contributed by atoms with van der Waals surface area (Å²) in [6.07, 6.45) is 1.21. The summed E-state index contributed by atoms with van der Waals surface area (Å²) in [6.45, 7) is 6.19. The van der Waals surface area contributed by atoms with Crippen LogP contribution < -0.4 is 5.32 Å². The zero-order valence-corrected chi connectivity index (χ0v) is 14.5. The molecule has 1 heterocycles. The first kappa shape index (κ1) is 15.7. The minimum atomic E-state index is 0.0130. The van der Waals surface area contributed by atoms with E-state index in [1.165, 1.54) is 28.0 Å². The summed E-state index contributed by atoms with van der Waals surface area (Å²) >= 11 is 1.53. The van der Waals surface area contributed by atoms with Crippen LogP contribution in [0.25, 0.3) is 10.2 Å². The van der Waals surface area contributed by atoms with Crippen LogP contribution in [0, 0.1) is 20.8 Å². The number of aromatic nitrogens is 1. The summed E-state index contributed by atoms with van der Waals surface area (Å²) in [6, 6.07) is 12.5. The highest BCUT2D eigenvalue weighted by atomic mass is 32.1. The number of anilines is 1. The molecule has 2 aromatic carbocycles. The Hall–Kier alpha value is -2.20. The van der Waals surface area contributed by atoms with E-state index >= 15 is 0 Å². The summed E-state index contributed by atoms with van der Waals surface area (Å²) in [5.41, 5.74) is 5.77. The van der Waals surface area contributed by atoms with Gasteiger partial charge in [0.05, 0.1) is 10.2 Å². The van der Waals surface area contributed by atoms with Gasteiger partial charge in [-0.15, -0.1) is 0 Å². The molecule has 0 aliphatic heterocycles. The van der Waals surface area contributed by atoms with Crippen molar-refractivity contribution < 1.29 is 4.79 Å². The summed E-state index contributed by atoms with van der Waals surface area (Å²) in [4.78, 5) is 16.7. The minimum Gasteiger partial charge on any atom is -0.302 e. The molecular formula is C19H20N2OS. The van der Waals surface area contributed by atoms with Crippen molar-refractivity contribution in [1.82, 2.24) is 4.98 Å². The van der Waals surface area contributed by atoms with Crippen molar-refractivity contribution in [2.24, 2.45) is 0 Å². The highest BCUT2D eigenvalue weighted by molar-refractivity contribution is 7.22. The number of thiazole rings is 1. The lowest BCUT2D eigenvalue weighted by Gasteiger charge is -2.02. The zero-order chi connectivity index (χ0) is 16.4. The lowest BCUT2D eigenvalue weighted by Crippen LogP contribution is -2.12. The molecule has 3 aromatic rings. The van der Waals surface area contributed by atoms with Crippen LogP contribution in [0.4, 0.5) is 5.13 Å². The number of nitrogens with one attached hydrogen (secondary N) is 1. The van der Waals surface area contributed by atoms with E-state index in [-0.39, 0.29) is 5.91 Å². The van der Waals surface area contributed by atoms with Crippen molar-refractivity contribution in [3.8, 4) is 0 Å². The first-order chi connectivity index (χ1) is 11.0. The lowest BCUT2D eigenvalue weighted by molar-refractivity contribution is -0.116. The van der Waals surface area contributed by atoms with E-state index in [2.05, 4.69) is 67.5 Å². The Morgan fingerprint density at radius 2 is 1.83 bits per heavy atom. The largest absolute Gasteiger partial charge is 0.302 e. The Morgan fingerprint density at radius 3 is 2.57 bits per heavy atom. The van der Waals surface area contributed by atoms with Gasteiger partial charge >= 0.3 is 0 Å². The molecule has 0 radical (unpaired) electrons. The van der Waals surface area contributed by atoms with Crippen molar-refractivity contribution >= 4 is 32.6 Å². The van der Waals surface area contributed by atoms with Gasteiger partial charge in [-0.3, -0.25) is 4.79 Å². The topological polar surface area (TPSA) is 42.0 Å². The van der Waals surface area contributed by atoms with E-state index < -0.39 is 0 Å². The molecule has 3 rings (SSSR count). The number of benzene rings is 2. The Balaban J connectivity index is 1.65. The van der Waals surface area contributed by atoms with Crippen LogP contribution in [-0.4, -0.2) is 10.9 Å². The van der Waals surface area contributed by atoms with Crippen LogP contribution in [-0.2, 0) is 11.2 Å². The Morgan fingerprint density at radius 1 is 1.09 bits per heavy atom. The molecule has 0 atom stereocenters. The maximum Gasteiger partial charge on any atom is 0.226 e. The second kappa shape index (κ2) is 6.50. The molecule has 0 aliphatic rings. The van der Waals surface area contributed by atoms with E-state index in [1.54, 1.807) is 0 Å². The minimum absolute atomic E-state index is 0.0130. The van der Waals surface area contributed by atoms with Crippen LogP contribution in [0.15, 0.2) is 36.4 Å². The Labute approximate surface area is 140 Å². The quantitative estimate of drug-likeness (QED) is 0.749. The van der Waals surface area contributed by atoms with Gasteiger partial charge in [-0.25, -0.2) is 4.98 Å². The molecule has 0 saturated carbocycles. The van der Waals surface area contributed by atoms with Gasteiger partial charge in [0, 0.05) is 6.42 Å². The molecule has 0 bridgehead atoms. The second-order valence-electron chi connectivity index (χ2n) is 5.98. The number of fused-ring (bicyclic) bond motifs is 1. The van der Waals surface area contributed by atoms with Crippen molar-refractivity contribution in [1.29, 1.82) is 0 Å². The average Bonchev–Trinajstić information content (AvgIpc) is 2.89. The molecule has 0 saturated heterocycles. The third-order valence-electron chi connectivity index (χ3n) is 3.84. The van der Waals surface area contributed by atoms with Gasteiger partial charge < -0.3 is 5.32 Å². The second-order valence-corrected chi connectivity index (χ2v) is 7.01. The SMILES string of the molecule is Cc1ccc(CCC(=O)Nc2nc3c(C)cc(C)cc3s2)cc1. The highest BCUT2D eigenvalue weighted by Gasteiger charge is 2.10. The number of hydrogen-bond acceptors (Lipinski definition) is 3. The summed E-state index contributed by atoms with van der Waals surface area (Å²) in [7, 11) is 0. The van der Waals surface area contributed by atoms with E-state index in [0.29, 0.717) is 11.6 Å². The molecule has 3 nitrogen and oxygen atoms in total. The smallest absolute Gasteiger partial charge is 0.226 e. The molecule has 23 heavy (non-hydrogen) atoms. The number of hydrogen-bond donors (Lipinski definition) is 1. The van der Waals surface area contributed by atoms with E-state index in [0.717, 1.165) is 22.2 Å². The number of amides is 1. The van der Waals surface area contributed by atoms with E-state index in [9.17, 15) is 4.79 Å². The highest BCUT2D eigenvalue weighted by Crippen LogP contribution is 2.29. The number of aryl methyl sites for hydroxylation is 4. The third kappa shape index (κ3) is 3.77. The molecule has 1 N–H and O–H groups in total. The molecular weight excluding hydrogens is 304 g/mol. The van der Waals surface area contributed by atoms with Gasteiger partial charge in [0.2, 0.25) is 5.91 Å². The van der Waals surface area contributed by atoms with Crippen molar-refractivity contribution in [3.63, 3.8) is 0 Å². The van der Waals surface area contributed by atoms with Crippen LogP contribution in [0.3, 0.4) is 0 Å². The normalized spacial score (nSPS) is 10.9. The first-order valence-electron chi connectivity index (χ1n) is 7.74. The summed E-state index contributed by atoms with van der Waals surface area (Å²) < 4.78 is 1.12. The molecule has 0 fully saturated rings. The lowest BCUT2D eigenvalue weighted by atomic mass is 10.1. The average molecular weight is 324 g/mol. The molecule has 4 heteroatoms. The molecule has 118 valence electrons. The summed E-state index contributed by atoms with van der Waals surface area (Å²) in [5, 5.41) is 3.61. The van der Waals surface area contributed by atoms with Gasteiger partial charge in [0.15, 0.2) is 5.13 Å². The molecule has 1 aromatic heterocycles. The van der Waals surface area contributed by atoms with Gasteiger partial charge in [0.25, 0.3) is 0 Å². The fourth-order valence-corrected chi connectivity index (χ4v) is 3.68. The molecule has 1 amide bonds. The number of rotatable bonds is 4. The van der Waals surface area contributed by atoms with Crippen molar-refractivity contribution in [2.75, 3.05) is 5.32 Å². The number of nitrogens with zero attached hydrogens (tertiary/aromatic N) is 1. The van der Waals surface area contributed by atoms with Gasteiger partial charge in [-0.05, 0) is 49.9 Å². The fourth-order valence-electron chi connectivity index (χ4n) is 2.62. The van der Waals surface area contributed by atoms with Crippen LogP contribution in [0.1, 0.15) is 28.7 Å². The Bertz CT molecular complexity index is 850. The van der Waals surface area contributed by atoms with Crippen molar-refractivity contribution in [3.05, 3.63) is 58.7 Å². The molecule has 0 aliphatic carbocycles. The molecule has 0 spiro atoms. The van der Waals surface area contributed by atoms with Gasteiger partial charge in [-0.2, -0.15) is 0 Å². The zero-order valence-electron chi connectivity index (χ0n) is 13.6. The van der Waals surface area contributed by atoms with Gasteiger partial charge in [0.1, 0.15) is 0 Å². The molecule has 0 unspecified atom stereocenters.